The average Bonchev–Trinajstić information content (AvgIpc) is 2.90. The van der Waals surface area contributed by atoms with Crippen molar-refractivity contribution in [2.45, 2.75) is 26.0 Å². The van der Waals surface area contributed by atoms with Crippen molar-refractivity contribution in [3.05, 3.63) is 64.4 Å². The lowest BCUT2D eigenvalue weighted by Crippen LogP contribution is -2.28. The van der Waals surface area contributed by atoms with Crippen LogP contribution in [-0.4, -0.2) is 6.04 Å². The maximum absolute atomic E-state index is 6.19. The molecular weight excluding hydrogens is 278 g/mol. The van der Waals surface area contributed by atoms with Crippen LogP contribution in [0.25, 0.3) is 10.8 Å². The van der Waals surface area contributed by atoms with E-state index in [0.29, 0.717) is 0 Å². The molecule has 0 radical (unpaired) electrons. The van der Waals surface area contributed by atoms with Crippen molar-refractivity contribution >= 4 is 22.1 Å². The minimum absolute atomic E-state index is 0.0613. The van der Waals surface area contributed by atoms with Crippen LogP contribution in [0, 0.1) is 6.92 Å². The van der Waals surface area contributed by atoms with Crippen molar-refractivity contribution in [2.24, 2.45) is 5.73 Å². The maximum Gasteiger partial charge on any atom is 0.148 e. The van der Waals surface area contributed by atoms with E-state index in [2.05, 4.69) is 42.6 Å². The van der Waals surface area contributed by atoms with Crippen LogP contribution in [0.2, 0.25) is 0 Å². The fourth-order valence-corrected chi connectivity index (χ4v) is 3.53. The lowest BCUT2D eigenvalue weighted by atomic mass is 10.1. The summed E-state index contributed by atoms with van der Waals surface area (Å²) in [4.78, 5) is 1.21. The summed E-state index contributed by atoms with van der Waals surface area (Å²) in [6.45, 7) is 4.09. The molecule has 0 aliphatic rings. The predicted octanol–water partition coefficient (Wildman–Crippen LogP) is 4.68. The van der Waals surface area contributed by atoms with Crippen LogP contribution in [-0.2, 0) is 0 Å². The third-order valence-electron chi connectivity index (χ3n) is 3.62. The lowest BCUT2D eigenvalue weighted by molar-refractivity contribution is 0.184. The first-order chi connectivity index (χ1) is 10.1. The van der Waals surface area contributed by atoms with Gasteiger partial charge in [-0.1, -0.05) is 30.3 Å². The average molecular weight is 297 g/mol. The fourth-order valence-electron chi connectivity index (χ4n) is 2.46. The first-order valence-electron chi connectivity index (χ1n) is 7.10. The van der Waals surface area contributed by atoms with Gasteiger partial charge in [0.15, 0.2) is 0 Å². The summed E-state index contributed by atoms with van der Waals surface area (Å²) in [5, 5.41) is 4.49. The smallest absolute Gasteiger partial charge is 0.148 e. The quantitative estimate of drug-likeness (QED) is 0.759. The standard InChI is InChI=1S/C18H19NOS/c1-12-9-10-21-18(12)17(13(2)19)20-16-8-7-14-5-3-4-6-15(14)11-16/h3-11,13,17H,19H2,1-2H3. The highest BCUT2D eigenvalue weighted by Crippen LogP contribution is 2.31. The summed E-state index contributed by atoms with van der Waals surface area (Å²) in [5.41, 5.74) is 7.38. The Morgan fingerprint density at radius 2 is 1.81 bits per heavy atom. The number of nitrogens with two attached hydrogens (primary N) is 1. The molecule has 0 saturated carbocycles. The number of rotatable bonds is 4. The van der Waals surface area contributed by atoms with Gasteiger partial charge in [0, 0.05) is 10.9 Å². The molecule has 0 amide bonds. The van der Waals surface area contributed by atoms with E-state index in [1.165, 1.54) is 21.2 Å². The molecule has 2 aromatic carbocycles. The fraction of sp³-hybridized carbons (Fsp3) is 0.222. The summed E-state index contributed by atoms with van der Waals surface area (Å²) in [6.07, 6.45) is -0.105. The zero-order chi connectivity index (χ0) is 14.8. The van der Waals surface area contributed by atoms with Gasteiger partial charge in [0.05, 0.1) is 0 Å². The molecule has 1 aromatic heterocycles. The Hall–Kier alpha value is -1.84. The van der Waals surface area contributed by atoms with E-state index in [4.69, 9.17) is 10.5 Å². The monoisotopic (exact) mass is 297 g/mol. The molecule has 0 aliphatic heterocycles. The maximum atomic E-state index is 6.19. The van der Waals surface area contributed by atoms with Gasteiger partial charge in [-0.2, -0.15) is 0 Å². The van der Waals surface area contributed by atoms with E-state index < -0.39 is 0 Å². The number of benzene rings is 2. The van der Waals surface area contributed by atoms with E-state index in [1.807, 2.05) is 25.1 Å². The molecule has 2 unspecified atom stereocenters. The predicted molar refractivity (Wildman–Crippen MR) is 90.0 cm³/mol. The Morgan fingerprint density at radius 3 is 2.48 bits per heavy atom. The van der Waals surface area contributed by atoms with Gasteiger partial charge in [0.1, 0.15) is 11.9 Å². The highest BCUT2D eigenvalue weighted by Gasteiger charge is 2.21. The van der Waals surface area contributed by atoms with Crippen LogP contribution in [0.3, 0.4) is 0 Å². The Bertz CT molecular complexity index is 748. The molecule has 0 aliphatic carbocycles. The second-order valence-corrected chi connectivity index (χ2v) is 6.32. The first kappa shape index (κ1) is 14.1. The summed E-state index contributed by atoms with van der Waals surface area (Å²) < 4.78 is 6.19. The molecule has 1 heterocycles. The van der Waals surface area contributed by atoms with Crippen molar-refractivity contribution in [1.82, 2.24) is 0 Å². The van der Waals surface area contributed by atoms with Crippen LogP contribution >= 0.6 is 11.3 Å². The van der Waals surface area contributed by atoms with E-state index in [9.17, 15) is 0 Å². The summed E-state index contributed by atoms with van der Waals surface area (Å²) in [6, 6.07) is 16.5. The van der Waals surface area contributed by atoms with Crippen molar-refractivity contribution in [1.29, 1.82) is 0 Å². The van der Waals surface area contributed by atoms with E-state index in [1.54, 1.807) is 11.3 Å². The molecule has 0 fully saturated rings. The Labute approximate surface area is 129 Å². The highest BCUT2D eigenvalue weighted by molar-refractivity contribution is 7.10. The van der Waals surface area contributed by atoms with Crippen molar-refractivity contribution in [2.75, 3.05) is 0 Å². The normalized spacial score (nSPS) is 14.0. The van der Waals surface area contributed by atoms with Gasteiger partial charge < -0.3 is 10.5 Å². The van der Waals surface area contributed by atoms with Crippen LogP contribution in [0.5, 0.6) is 5.75 Å². The number of hydrogen-bond acceptors (Lipinski definition) is 3. The zero-order valence-corrected chi connectivity index (χ0v) is 13.1. The van der Waals surface area contributed by atoms with Crippen LogP contribution in [0.4, 0.5) is 0 Å². The molecular formula is C18H19NOS. The minimum atomic E-state index is -0.105. The summed E-state index contributed by atoms with van der Waals surface area (Å²) >= 11 is 1.70. The molecule has 2 nitrogen and oxygen atoms in total. The van der Waals surface area contributed by atoms with Gasteiger partial charge >= 0.3 is 0 Å². The van der Waals surface area contributed by atoms with E-state index in [-0.39, 0.29) is 12.1 Å². The first-order valence-corrected chi connectivity index (χ1v) is 7.98. The largest absolute Gasteiger partial charge is 0.483 e. The van der Waals surface area contributed by atoms with Crippen LogP contribution in [0.15, 0.2) is 53.9 Å². The molecule has 0 spiro atoms. The van der Waals surface area contributed by atoms with Crippen molar-refractivity contribution in [3.8, 4) is 5.75 Å². The highest BCUT2D eigenvalue weighted by atomic mass is 32.1. The molecule has 2 N–H and O–H groups in total. The number of fused-ring (bicyclic) bond motifs is 1. The van der Waals surface area contributed by atoms with Crippen LogP contribution < -0.4 is 10.5 Å². The third kappa shape index (κ3) is 2.94. The number of ether oxygens (including phenoxy) is 1. The second kappa shape index (κ2) is 5.88. The van der Waals surface area contributed by atoms with Gasteiger partial charge in [-0.15, -0.1) is 11.3 Å². The second-order valence-electron chi connectivity index (χ2n) is 5.37. The molecule has 3 aromatic rings. The molecule has 108 valence electrons. The Morgan fingerprint density at radius 1 is 1.05 bits per heavy atom. The van der Waals surface area contributed by atoms with Gasteiger partial charge in [-0.25, -0.2) is 0 Å². The minimum Gasteiger partial charge on any atom is -0.483 e. The summed E-state index contributed by atoms with van der Waals surface area (Å²) in [5.74, 6) is 0.865. The van der Waals surface area contributed by atoms with E-state index in [0.717, 1.165) is 5.75 Å². The number of thiophene rings is 1. The number of hydrogen-bond donors (Lipinski definition) is 1. The molecule has 21 heavy (non-hydrogen) atoms. The molecule has 0 bridgehead atoms. The van der Waals surface area contributed by atoms with Gasteiger partial charge in [-0.05, 0) is 53.8 Å². The SMILES string of the molecule is Cc1ccsc1C(Oc1ccc2ccccc2c1)C(C)N. The zero-order valence-electron chi connectivity index (χ0n) is 12.2. The molecule has 0 saturated heterocycles. The van der Waals surface area contributed by atoms with E-state index >= 15 is 0 Å². The molecule has 2 atom stereocenters. The van der Waals surface area contributed by atoms with Crippen molar-refractivity contribution in [3.63, 3.8) is 0 Å². The van der Waals surface area contributed by atoms with Gasteiger partial charge in [0.2, 0.25) is 0 Å². The van der Waals surface area contributed by atoms with Crippen LogP contribution in [0.1, 0.15) is 23.5 Å². The van der Waals surface area contributed by atoms with Gasteiger partial charge in [0.25, 0.3) is 0 Å². The lowest BCUT2D eigenvalue weighted by Gasteiger charge is -2.22. The topological polar surface area (TPSA) is 35.2 Å². The summed E-state index contributed by atoms with van der Waals surface area (Å²) in [7, 11) is 0. The third-order valence-corrected chi connectivity index (χ3v) is 4.70. The van der Waals surface area contributed by atoms with Crippen molar-refractivity contribution < 1.29 is 4.74 Å². The molecule has 3 heteroatoms. The number of aryl methyl sites for hydroxylation is 1. The Kier molecular flexibility index (Phi) is 3.95. The Balaban J connectivity index is 1.93. The molecule has 3 rings (SSSR count). The van der Waals surface area contributed by atoms with Gasteiger partial charge in [-0.3, -0.25) is 0 Å².